The van der Waals surface area contributed by atoms with Gasteiger partial charge in [-0.1, -0.05) is 121 Å². The van der Waals surface area contributed by atoms with Crippen LogP contribution >= 0.6 is 54.9 Å². The molecule has 418 valence electrons. The van der Waals surface area contributed by atoms with Crippen LogP contribution in [0.5, 0.6) is 0 Å². The predicted octanol–water partition coefficient (Wildman–Crippen LogP) is 7.16. The van der Waals surface area contributed by atoms with Crippen molar-refractivity contribution in [3.63, 3.8) is 0 Å². The first kappa shape index (κ1) is 77.2. The molecule has 1 unspecified atom stereocenters. The van der Waals surface area contributed by atoms with Crippen molar-refractivity contribution in [3.05, 3.63) is 0 Å². The van der Waals surface area contributed by atoms with E-state index in [-0.39, 0.29) is 108 Å². The number of nitrogens with one attached hydrogen (secondary N) is 4. The van der Waals surface area contributed by atoms with E-state index in [1.807, 2.05) is 12.5 Å². The maximum absolute atomic E-state index is 12.3. The molecule has 0 aromatic rings. The Labute approximate surface area is 442 Å². The third kappa shape index (κ3) is 70.6. The number of amides is 4. The number of aliphatic carboxylic acids is 2. The van der Waals surface area contributed by atoms with Gasteiger partial charge in [0.25, 0.3) is 0 Å². The van der Waals surface area contributed by atoms with Gasteiger partial charge in [-0.3, -0.25) is 24.0 Å². The van der Waals surface area contributed by atoms with Gasteiger partial charge in [0, 0.05) is 52.6 Å². The molecule has 0 spiro atoms. The number of hydrogen-bond acceptors (Lipinski definition) is 16. The Morgan fingerprint density at radius 3 is 1.29 bits per heavy atom. The second kappa shape index (κ2) is 65.3. The molecule has 0 aromatic carbocycles. The molecular formula is C47H96N4O14S5. The minimum atomic E-state index is -1.18. The Hall–Kier alpha value is -1.67. The van der Waals surface area contributed by atoms with E-state index in [0.29, 0.717) is 32.0 Å². The van der Waals surface area contributed by atoms with E-state index < -0.39 is 18.0 Å². The second-order valence-corrected chi connectivity index (χ2v) is 21.8. The van der Waals surface area contributed by atoms with Crippen LogP contribution in [0.4, 0.5) is 0 Å². The van der Waals surface area contributed by atoms with Crippen LogP contribution in [-0.4, -0.2) is 181 Å². The van der Waals surface area contributed by atoms with E-state index >= 15 is 0 Å². The number of hydrogen-bond donors (Lipinski definition) is 6. The molecule has 23 heteroatoms. The van der Waals surface area contributed by atoms with Gasteiger partial charge in [-0.05, 0) is 75.6 Å². The van der Waals surface area contributed by atoms with Gasteiger partial charge in [-0.2, -0.15) is 11.8 Å². The first-order valence-electron chi connectivity index (χ1n) is 24.2. The van der Waals surface area contributed by atoms with Crippen LogP contribution in [0.2, 0.25) is 0 Å². The third-order valence-corrected chi connectivity index (χ3v) is 12.1. The molecule has 0 saturated carbocycles. The van der Waals surface area contributed by atoms with Crippen LogP contribution in [0.25, 0.3) is 0 Å². The largest absolute Gasteiger partial charge is 0.481 e. The van der Waals surface area contributed by atoms with Gasteiger partial charge in [0.1, 0.15) is 19.3 Å². The SMILES string of the molecule is COCC(C)CCCCNC(=O)COCCOCCNC(=O)COCCOCCNC(=O)CC[C@H](NC(=O)CCCCCCCCCCCCCCC(=O)O)C(=O)O.CSC.CSSC.CSSC.O. The number of thioether (sulfide) groups is 1. The highest BCUT2D eigenvalue weighted by Crippen LogP contribution is 2.14. The molecule has 2 atom stereocenters. The van der Waals surface area contributed by atoms with E-state index in [1.54, 1.807) is 62.0 Å². The Balaban J connectivity index is -0.00000106. The van der Waals surface area contributed by atoms with Crippen molar-refractivity contribution in [2.24, 2.45) is 5.92 Å². The molecule has 0 aliphatic carbocycles. The second-order valence-electron chi connectivity index (χ2n) is 15.6. The van der Waals surface area contributed by atoms with Gasteiger partial charge in [-0.25, -0.2) is 4.79 Å². The zero-order valence-electron chi connectivity index (χ0n) is 44.0. The quantitative estimate of drug-likeness (QED) is 0.0261. The van der Waals surface area contributed by atoms with Crippen LogP contribution in [-0.2, 0) is 52.5 Å². The lowest BCUT2D eigenvalue weighted by atomic mass is 10.0. The number of rotatable bonds is 45. The van der Waals surface area contributed by atoms with E-state index in [1.165, 1.54) is 19.3 Å². The average molecular weight is 1100 g/mol. The van der Waals surface area contributed by atoms with Gasteiger partial charge in [-0.15, -0.1) is 0 Å². The summed E-state index contributed by atoms with van der Waals surface area (Å²) < 4.78 is 26.5. The fraction of sp³-hybridized carbons (Fsp3) is 0.872. The zero-order valence-corrected chi connectivity index (χ0v) is 48.1. The summed E-state index contributed by atoms with van der Waals surface area (Å²) in [6, 6.07) is -1.14. The van der Waals surface area contributed by atoms with Gasteiger partial charge < -0.3 is 60.6 Å². The highest BCUT2D eigenvalue weighted by molar-refractivity contribution is 8.76. The zero-order chi connectivity index (χ0) is 52.4. The normalized spacial score (nSPS) is 11.1. The highest BCUT2D eigenvalue weighted by atomic mass is 33.1. The summed E-state index contributed by atoms with van der Waals surface area (Å²) in [5.74, 6) is -2.55. The number of carboxylic acids is 2. The van der Waals surface area contributed by atoms with Crippen LogP contribution in [0.1, 0.15) is 129 Å². The molecule has 0 aliphatic rings. The molecule has 0 saturated heterocycles. The fourth-order valence-corrected chi connectivity index (χ4v) is 5.83. The van der Waals surface area contributed by atoms with Gasteiger partial charge in [0.15, 0.2) is 0 Å². The smallest absolute Gasteiger partial charge is 0.326 e. The predicted molar refractivity (Wildman–Crippen MR) is 295 cm³/mol. The van der Waals surface area contributed by atoms with E-state index in [2.05, 4.69) is 53.2 Å². The van der Waals surface area contributed by atoms with Gasteiger partial charge in [0.05, 0.1) is 39.6 Å². The Morgan fingerprint density at radius 1 is 0.471 bits per heavy atom. The maximum atomic E-state index is 12.3. The molecule has 0 fully saturated rings. The molecule has 18 nitrogen and oxygen atoms in total. The summed E-state index contributed by atoms with van der Waals surface area (Å²) in [6.07, 6.45) is 28.1. The number of methoxy groups -OCH3 is 1. The Morgan fingerprint density at radius 2 is 0.871 bits per heavy atom. The van der Waals surface area contributed by atoms with Crippen molar-refractivity contribution in [3.8, 4) is 0 Å². The number of ether oxygens (including phenoxy) is 5. The molecular weight excluding hydrogens is 1000 g/mol. The maximum Gasteiger partial charge on any atom is 0.326 e. The molecule has 0 radical (unpaired) electrons. The molecule has 0 heterocycles. The van der Waals surface area contributed by atoms with Gasteiger partial charge >= 0.3 is 11.9 Å². The molecule has 0 rings (SSSR count). The number of carbonyl (C=O) groups is 6. The van der Waals surface area contributed by atoms with Crippen LogP contribution in [0.3, 0.4) is 0 Å². The van der Waals surface area contributed by atoms with Crippen molar-refractivity contribution in [2.45, 2.75) is 135 Å². The summed E-state index contributed by atoms with van der Waals surface area (Å²) in [5.41, 5.74) is 0. The van der Waals surface area contributed by atoms with Crippen LogP contribution in [0.15, 0.2) is 0 Å². The van der Waals surface area contributed by atoms with Crippen LogP contribution < -0.4 is 21.3 Å². The first-order chi connectivity index (χ1) is 33.3. The lowest BCUT2D eigenvalue weighted by molar-refractivity contribution is -0.142. The fourth-order valence-electron chi connectivity index (χ4n) is 5.83. The van der Waals surface area contributed by atoms with Crippen molar-refractivity contribution < 1.29 is 68.1 Å². The van der Waals surface area contributed by atoms with E-state index in [0.717, 1.165) is 77.2 Å². The van der Waals surface area contributed by atoms with Crippen molar-refractivity contribution in [1.29, 1.82) is 0 Å². The van der Waals surface area contributed by atoms with Crippen LogP contribution in [0, 0.1) is 5.92 Å². The summed E-state index contributed by atoms with van der Waals surface area (Å²) in [5, 5.41) is 28.8. The topological polar surface area (TPSA) is 269 Å². The van der Waals surface area contributed by atoms with Crippen molar-refractivity contribution >= 4 is 90.5 Å². The lowest BCUT2D eigenvalue weighted by Crippen LogP contribution is -2.41. The summed E-state index contributed by atoms with van der Waals surface area (Å²) >= 11 is 1.75. The minimum Gasteiger partial charge on any atom is -0.481 e. The van der Waals surface area contributed by atoms with E-state index in [4.69, 9.17) is 28.8 Å². The summed E-state index contributed by atoms with van der Waals surface area (Å²) in [7, 11) is 8.79. The molecule has 70 heavy (non-hydrogen) atoms. The third-order valence-electron chi connectivity index (χ3n) is 9.42. The standard InChI is InChI=1S/C41H76N4O13.2C2H6S2.C2H6S.H2O/c1-34(31-54-2)17-15-16-22-42-38(48)32-57-29-28-56-26-24-44-39(49)33-58-30-27-55-25-23-43-36(46)21-20-35(41(52)53)45-37(47)18-13-11-9-7-5-3-4-6-8-10-12-14-19-40(50)51;2*1-3-4-2;1-3-2;/h34-35H,3-33H2,1-2H3,(H,42,48)(H,43,46)(H,44,49)(H,45,47)(H,50,51)(H,52,53);2*1-2H3;1-2H3;1H2/t34?,35-;;;;/m0..../s1. The highest BCUT2D eigenvalue weighted by Gasteiger charge is 2.21. The molecule has 0 aliphatic heterocycles. The summed E-state index contributed by atoms with van der Waals surface area (Å²) in [4.78, 5) is 70.3. The number of carbonyl (C=O) groups excluding carboxylic acids is 4. The van der Waals surface area contributed by atoms with Crippen molar-refractivity contribution in [2.75, 3.05) is 124 Å². The monoisotopic (exact) mass is 1100 g/mol. The van der Waals surface area contributed by atoms with E-state index in [9.17, 15) is 33.9 Å². The first-order valence-corrected chi connectivity index (χ1v) is 31.7. The van der Waals surface area contributed by atoms with Gasteiger partial charge in [0.2, 0.25) is 23.6 Å². The average Bonchev–Trinajstić information content (AvgIpc) is 3.32. The summed E-state index contributed by atoms with van der Waals surface area (Å²) in [6.45, 7) is 5.29. The molecule has 0 aromatic heterocycles. The number of unbranched alkanes of at least 4 members (excludes halogenated alkanes) is 12. The Bertz CT molecular complexity index is 1180. The minimum absolute atomic E-state index is 0. The van der Waals surface area contributed by atoms with Crippen molar-refractivity contribution in [1.82, 2.24) is 21.3 Å². The Kier molecular flexibility index (Phi) is 72.1. The number of carboxylic acid groups (broad SMARTS) is 2. The molecule has 4 amide bonds. The lowest BCUT2D eigenvalue weighted by Gasteiger charge is -2.14. The molecule has 0 bridgehead atoms. The molecule has 8 N–H and O–H groups in total.